The fourth-order valence-corrected chi connectivity index (χ4v) is 5.46. The molecule has 0 aromatic heterocycles. The van der Waals surface area contributed by atoms with Crippen molar-refractivity contribution in [1.82, 2.24) is 4.90 Å². The summed E-state index contributed by atoms with van der Waals surface area (Å²) in [4.78, 5) is 38.0. The SMILES string of the molecule is CCCCC/C=C\C/C=C\CCCCCCCC(=O)OCCN(CCOC(=O)CCCCCCC/C=C\C/C=C\CCCCC)C(=O)CCl. The number of hydrogen-bond acceptors (Lipinski definition) is 5. The van der Waals surface area contributed by atoms with Gasteiger partial charge in [-0.3, -0.25) is 14.4 Å². The summed E-state index contributed by atoms with van der Waals surface area (Å²) < 4.78 is 10.7. The summed E-state index contributed by atoms with van der Waals surface area (Å²) >= 11 is 5.77. The molecule has 0 radical (unpaired) electrons. The molecule has 7 heteroatoms. The van der Waals surface area contributed by atoms with E-state index in [4.69, 9.17) is 21.1 Å². The lowest BCUT2D eigenvalue weighted by atomic mass is 10.1. The second-order valence-corrected chi connectivity index (χ2v) is 13.2. The van der Waals surface area contributed by atoms with Gasteiger partial charge in [0.2, 0.25) is 5.91 Å². The molecule has 0 aromatic rings. The first-order valence-corrected chi connectivity index (χ1v) is 20.3. The molecule has 0 aliphatic heterocycles. The van der Waals surface area contributed by atoms with Crippen LogP contribution in [0.2, 0.25) is 0 Å². The van der Waals surface area contributed by atoms with E-state index in [0.29, 0.717) is 12.8 Å². The van der Waals surface area contributed by atoms with Gasteiger partial charge in [0, 0.05) is 12.8 Å². The number of esters is 2. The van der Waals surface area contributed by atoms with Crippen LogP contribution < -0.4 is 0 Å². The summed E-state index contributed by atoms with van der Waals surface area (Å²) in [6.07, 6.45) is 43.9. The number of carbonyl (C=O) groups excluding carboxylic acids is 3. The summed E-state index contributed by atoms with van der Waals surface area (Å²) in [7, 11) is 0. The molecule has 0 rings (SSSR count). The van der Waals surface area contributed by atoms with Crippen LogP contribution in [-0.2, 0) is 23.9 Å². The highest BCUT2D eigenvalue weighted by Crippen LogP contribution is 2.10. The molecule has 0 bridgehead atoms. The molecule has 49 heavy (non-hydrogen) atoms. The van der Waals surface area contributed by atoms with Crippen LogP contribution in [0.25, 0.3) is 0 Å². The van der Waals surface area contributed by atoms with Gasteiger partial charge in [0.15, 0.2) is 0 Å². The zero-order valence-electron chi connectivity index (χ0n) is 31.5. The van der Waals surface area contributed by atoms with E-state index in [0.717, 1.165) is 64.2 Å². The van der Waals surface area contributed by atoms with Crippen molar-refractivity contribution in [3.8, 4) is 0 Å². The van der Waals surface area contributed by atoms with Gasteiger partial charge in [0.25, 0.3) is 0 Å². The summed E-state index contributed by atoms with van der Waals surface area (Å²) in [5.41, 5.74) is 0. The van der Waals surface area contributed by atoms with Crippen LogP contribution in [0.3, 0.4) is 0 Å². The van der Waals surface area contributed by atoms with E-state index in [1.807, 2.05) is 0 Å². The van der Waals surface area contributed by atoms with Gasteiger partial charge in [-0.25, -0.2) is 0 Å². The van der Waals surface area contributed by atoms with Gasteiger partial charge >= 0.3 is 11.9 Å². The van der Waals surface area contributed by atoms with Crippen LogP contribution in [0.1, 0.15) is 168 Å². The number of alkyl halides is 1. The molecule has 0 aliphatic carbocycles. The van der Waals surface area contributed by atoms with Crippen LogP contribution in [0.5, 0.6) is 0 Å². The maximum absolute atomic E-state index is 12.2. The van der Waals surface area contributed by atoms with Crippen molar-refractivity contribution in [2.45, 2.75) is 168 Å². The molecule has 6 nitrogen and oxygen atoms in total. The van der Waals surface area contributed by atoms with Gasteiger partial charge in [0.1, 0.15) is 19.1 Å². The maximum atomic E-state index is 12.2. The van der Waals surface area contributed by atoms with Crippen molar-refractivity contribution >= 4 is 29.4 Å². The van der Waals surface area contributed by atoms with Crippen molar-refractivity contribution < 1.29 is 23.9 Å². The first-order valence-electron chi connectivity index (χ1n) is 19.8. The van der Waals surface area contributed by atoms with E-state index >= 15 is 0 Å². The minimum absolute atomic E-state index is 0.113. The zero-order chi connectivity index (χ0) is 35.9. The Morgan fingerprint density at radius 1 is 0.490 bits per heavy atom. The molecule has 0 unspecified atom stereocenters. The average Bonchev–Trinajstić information content (AvgIpc) is 3.10. The van der Waals surface area contributed by atoms with Crippen molar-refractivity contribution in [3.05, 3.63) is 48.6 Å². The Morgan fingerprint density at radius 3 is 1.20 bits per heavy atom. The van der Waals surface area contributed by atoms with E-state index in [-0.39, 0.29) is 50.0 Å². The van der Waals surface area contributed by atoms with Gasteiger partial charge in [-0.2, -0.15) is 0 Å². The molecule has 0 fully saturated rings. The highest BCUT2D eigenvalue weighted by atomic mass is 35.5. The predicted octanol–water partition coefficient (Wildman–Crippen LogP) is 11.8. The number of nitrogens with zero attached hydrogens (tertiary/aromatic N) is 1. The van der Waals surface area contributed by atoms with Crippen LogP contribution >= 0.6 is 11.6 Å². The zero-order valence-corrected chi connectivity index (χ0v) is 32.2. The number of hydrogen-bond donors (Lipinski definition) is 0. The largest absolute Gasteiger partial charge is 0.464 e. The number of unbranched alkanes of at least 4 members (excludes halogenated alkanes) is 16. The molecule has 0 saturated carbocycles. The molecule has 0 heterocycles. The number of halogens is 1. The molecular weight excluding hydrogens is 634 g/mol. The van der Waals surface area contributed by atoms with Crippen molar-refractivity contribution in [1.29, 1.82) is 0 Å². The summed E-state index contributed by atoms with van der Waals surface area (Å²) in [5, 5.41) is 0. The van der Waals surface area contributed by atoms with Gasteiger partial charge in [-0.15, -0.1) is 11.6 Å². The third-order valence-electron chi connectivity index (χ3n) is 8.38. The second kappa shape index (κ2) is 38.5. The predicted molar refractivity (Wildman–Crippen MR) is 208 cm³/mol. The monoisotopic (exact) mass is 706 g/mol. The molecule has 0 N–H and O–H groups in total. The smallest absolute Gasteiger partial charge is 0.305 e. The maximum Gasteiger partial charge on any atom is 0.305 e. The van der Waals surface area contributed by atoms with Gasteiger partial charge < -0.3 is 14.4 Å². The first-order chi connectivity index (χ1) is 24.0. The van der Waals surface area contributed by atoms with E-state index in [1.54, 1.807) is 0 Å². The fourth-order valence-electron chi connectivity index (χ4n) is 5.29. The number of allylic oxidation sites excluding steroid dienone is 8. The van der Waals surface area contributed by atoms with Crippen LogP contribution in [-0.4, -0.2) is 54.9 Å². The van der Waals surface area contributed by atoms with Crippen molar-refractivity contribution in [2.75, 3.05) is 32.2 Å². The third kappa shape index (κ3) is 35.3. The standard InChI is InChI=1S/C42H72ClNO5/c1-3-5-7-9-11-13-15-17-19-21-23-25-27-29-31-33-41(46)48-37-35-44(40(45)39-43)36-38-49-42(47)34-32-30-28-26-24-22-20-18-16-14-12-10-8-6-4-2/h11-14,17-20H,3-10,15-16,21-39H2,1-2H3/b13-11-,14-12-,19-17-,20-18-. The Balaban J connectivity index is 3.80. The third-order valence-corrected chi connectivity index (χ3v) is 8.61. The molecule has 0 saturated heterocycles. The van der Waals surface area contributed by atoms with Crippen LogP contribution in [0.15, 0.2) is 48.6 Å². The highest BCUT2D eigenvalue weighted by molar-refractivity contribution is 6.27. The Bertz CT molecular complexity index is 834. The van der Waals surface area contributed by atoms with E-state index in [2.05, 4.69) is 62.5 Å². The van der Waals surface area contributed by atoms with Crippen molar-refractivity contribution in [3.63, 3.8) is 0 Å². The Kier molecular flexibility index (Phi) is 36.6. The lowest BCUT2D eigenvalue weighted by Crippen LogP contribution is -2.38. The van der Waals surface area contributed by atoms with E-state index in [1.165, 1.54) is 81.9 Å². The minimum atomic E-state index is -0.267. The molecule has 0 atom stereocenters. The second-order valence-electron chi connectivity index (χ2n) is 12.9. The molecule has 1 amide bonds. The van der Waals surface area contributed by atoms with Crippen LogP contribution in [0, 0.1) is 0 Å². The highest BCUT2D eigenvalue weighted by Gasteiger charge is 2.14. The summed E-state index contributed by atoms with van der Waals surface area (Å²) in [6.45, 7) is 5.17. The van der Waals surface area contributed by atoms with Gasteiger partial charge in [-0.05, 0) is 77.0 Å². The Morgan fingerprint density at radius 2 is 0.837 bits per heavy atom. The van der Waals surface area contributed by atoms with Gasteiger partial charge in [-0.1, -0.05) is 127 Å². The molecule has 282 valence electrons. The first kappa shape index (κ1) is 46.7. The topological polar surface area (TPSA) is 72.9 Å². The van der Waals surface area contributed by atoms with E-state index < -0.39 is 0 Å². The summed E-state index contributed by atoms with van der Waals surface area (Å²) in [5.74, 6) is -0.920. The normalized spacial score (nSPS) is 11.8. The van der Waals surface area contributed by atoms with Crippen molar-refractivity contribution in [2.24, 2.45) is 0 Å². The average molecular weight is 706 g/mol. The van der Waals surface area contributed by atoms with Gasteiger partial charge in [0.05, 0.1) is 13.1 Å². The van der Waals surface area contributed by atoms with E-state index in [9.17, 15) is 14.4 Å². The van der Waals surface area contributed by atoms with Crippen LogP contribution in [0.4, 0.5) is 0 Å². The number of amides is 1. The molecule has 0 aliphatic rings. The number of rotatable bonds is 35. The molecule has 0 aromatic carbocycles. The summed E-state index contributed by atoms with van der Waals surface area (Å²) in [6, 6.07) is 0. The number of carbonyl (C=O) groups is 3. The minimum Gasteiger partial charge on any atom is -0.464 e. The Hall–Kier alpha value is -2.34. The lowest BCUT2D eigenvalue weighted by molar-refractivity contribution is -0.147. The molecular formula is C42H72ClNO5. The molecule has 0 spiro atoms. The quantitative estimate of drug-likeness (QED) is 0.0284. The number of ether oxygens (including phenoxy) is 2. The lowest BCUT2D eigenvalue weighted by Gasteiger charge is -2.21. The Labute approximate surface area is 306 Å². The fraction of sp³-hybridized carbons (Fsp3) is 0.738.